The Labute approximate surface area is 162 Å². The highest BCUT2D eigenvalue weighted by atomic mass is 35.5. The zero-order valence-electron chi connectivity index (χ0n) is 14.6. The quantitative estimate of drug-likeness (QED) is 0.855. The van der Waals surface area contributed by atoms with E-state index in [0.29, 0.717) is 34.3 Å². The molecule has 1 atom stereocenters. The smallest absolute Gasteiger partial charge is 0.323 e. The second-order valence-corrected chi connectivity index (χ2v) is 7.45. The largest absolute Gasteiger partial charge is 0.480 e. The second-order valence-electron chi connectivity index (χ2n) is 7.02. The van der Waals surface area contributed by atoms with Crippen molar-refractivity contribution >= 4 is 34.9 Å². The second kappa shape index (κ2) is 7.16. The topological polar surface area (TPSA) is 70.0 Å². The van der Waals surface area contributed by atoms with Crippen molar-refractivity contribution in [2.75, 3.05) is 11.4 Å². The van der Waals surface area contributed by atoms with Gasteiger partial charge in [0.1, 0.15) is 12.6 Å². The summed E-state index contributed by atoms with van der Waals surface area (Å²) in [6, 6.07) is 14.2. The zero-order chi connectivity index (χ0) is 19.0. The van der Waals surface area contributed by atoms with Gasteiger partial charge in [-0.2, -0.15) is 0 Å². The molecule has 6 heteroatoms. The molecule has 0 saturated heterocycles. The lowest BCUT2D eigenvalue weighted by molar-refractivity contribution is -0.136. The molecule has 1 heterocycles. The van der Waals surface area contributed by atoms with Gasteiger partial charge in [0.25, 0.3) is 5.91 Å². The molecule has 5 nitrogen and oxygen atoms in total. The highest BCUT2D eigenvalue weighted by molar-refractivity contribution is 6.32. The summed E-state index contributed by atoms with van der Waals surface area (Å²) in [5, 5.41) is 9.88. The summed E-state index contributed by atoms with van der Waals surface area (Å²) >= 11 is 6.23. The molecule has 0 bridgehead atoms. The van der Waals surface area contributed by atoms with E-state index in [-0.39, 0.29) is 5.91 Å². The Morgan fingerprint density at radius 1 is 1.19 bits per heavy atom. The summed E-state index contributed by atoms with van der Waals surface area (Å²) in [7, 11) is 0. The number of fused-ring (bicyclic) bond motifs is 1. The van der Waals surface area contributed by atoms with Crippen LogP contribution in [0, 0.1) is 5.92 Å². The van der Waals surface area contributed by atoms with E-state index in [2.05, 4.69) is 0 Å². The van der Waals surface area contributed by atoms with E-state index in [0.717, 1.165) is 18.4 Å². The Balaban J connectivity index is 1.89. The lowest BCUT2D eigenvalue weighted by Gasteiger charge is -2.23. The molecule has 2 aromatic rings. The van der Waals surface area contributed by atoms with Crippen molar-refractivity contribution < 1.29 is 14.7 Å². The predicted molar refractivity (Wildman–Crippen MR) is 105 cm³/mol. The fraction of sp³-hybridized carbons (Fsp3) is 0.286. The molecule has 1 fully saturated rings. The van der Waals surface area contributed by atoms with Crippen molar-refractivity contribution in [2.24, 2.45) is 10.9 Å². The number of carbonyl (C=O) groups is 2. The fourth-order valence-corrected chi connectivity index (χ4v) is 3.63. The SMILES string of the molecule is O=C(O)CN1C(=O)[C@H](CC2CC2)N=C(c2ccccc2)c2cc(Cl)ccc21. The average molecular weight is 383 g/mol. The average Bonchev–Trinajstić information content (AvgIpc) is 3.48. The minimum absolute atomic E-state index is 0.265. The normalized spacial score (nSPS) is 19.3. The monoisotopic (exact) mass is 382 g/mol. The first-order valence-electron chi connectivity index (χ1n) is 8.99. The number of benzodiazepines with no additional fused rings is 1. The molecule has 1 amide bonds. The molecule has 1 aliphatic carbocycles. The van der Waals surface area contributed by atoms with Gasteiger partial charge in [0.2, 0.25) is 0 Å². The van der Waals surface area contributed by atoms with E-state index in [1.807, 2.05) is 30.3 Å². The Kier molecular flexibility index (Phi) is 4.70. The van der Waals surface area contributed by atoms with E-state index in [1.165, 1.54) is 4.90 Å². The molecule has 0 spiro atoms. The van der Waals surface area contributed by atoms with Gasteiger partial charge in [0.15, 0.2) is 0 Å². The van der Waals surface area contributed by atoms with Crippen LogP contribution in [0.3, 0.4) is 0 Å². The molecule has 138 valence electrons. The third kappa shape index (κ3) is 3.74. The fourth-order valence-electron chi connectivity index (χ4n) is 3.46. The Hall–Kier alpha value is -2.66. The number of nitrogens with zero attached hydrogens (tertiary/aromatic N) is 2. The van der Waals surface area contributed by atoms with Gasteiger partial charge in [0, 0.05) is 16.1 Å². The van der Waals surface area contributed by atoms with Crippen LogP contribution in [0.4, 0.5) is 5.69 Å². The summed E-state index contributed by atoms with van der Waals surface area (Å²) in [6.45, 7) is -0.397. The van der Waals surface area contributed by atoms with Gasteiger partial charge in [0.05, 0.1) is 11.4 Å². The van der Waals surface area contributed by atoms with E-state index in [4.69, 9.17) is 16.6 Å². The maximum absolute atomic E-state index is 13.2. The molecular formula is C21H19ClN2O3. The van der Waals surface area contributed by atoms with Gasteiger partial charge in [-0.15, -0.1) is 0 Å². The van der Waals surface area contributed by atoms with Crippen LogP contribution in [0.15, 0.2) is 53.5 Å². The van der Waals surface area contributed by atoms with Gasteiger partial charge in [-0.05, 0) is 30.5 Å². The van der Waals surface area contributed by atoms with Gasteiger partial charge in [-0.25, -0.2) is 0 Å². The molecule has 0 radical (unpaired) electrons. The number of carbonyl (C=O) groups excluding carboxylic acids is 1. The van der Waals surface area contributed by atoms with Crippen LogP contribution in [0.5, 0.6) is 0 Å². The minimum atomic E-state index is -1.06. The molecule has 2 aromatic carbocycles. The van der Waals surface area contributed by atoms with Gasteiger partial charge < -0.3 is 5.11 Å². The molecule has 4 rings (SSSR count). The van der Waals surface area contributed by atoms with Crippen molar-refractivity contribution in [1.82, 2.24) is 0 Å². The molecular weight excluding hydrogens is 364 g/mol. The molecule has 1 N–H and O–H groups in total. The maximum atomic E-state index is 13.2. The van der Waals surface area contributed by atoms with Crippen LogP contribution in [-0.2, 0) is 9.59 Å². The van der Waals surface area contributed by atoms with Crippen LogP contribution in [0.25, 0.3) is 0 Å². The predicted octanol–water partition coefficient (Wildman–Crippen LogP) is 3.78. The summed E-state index contributed by atoms with van der Waals surface area (Å²) < 4.78 is 0. The number of amides is 1. The van der Waals surface area contributed by atoms with Crippen LogP contribution in [-0.4, -0.2) is 35.3 Å². The summed E-state index contributed by atoms with van der Waals surface area (Å²) in [4.78, 5) is 30.8. The molecule has 1 aliphatic heterocycles. The standard InChI is InChI=1S/C21H19ClN2O3/c22-15-8-9-18-16(11-15)20(14-4-2-1-3-5-14)23-17(10-13-6-7-13)21(27)24(18)12-19(25)26/h1-5,8-9,11,13,17H,6-7,10,12H2,(H,25,26)/t17-/m0/s1. The van der Waals surface area contributed by atoms with Crippen molar-refractivity contribution in [3.05, 3.63) is 64.7 Å². The first-order chi connectivity index (χ1) is 13.0. The van der Waals surface area contributed by atoms with E-state index >= 15 is 0 Å². The van der Waals surface area contributed by atoms with Crippen molar-refractivity contribution in [2.45, 2.75) is 25.3 Å². The Morgan fingerprint density at radius 3 is 2.59 bits per heavy atom. The maximum Gasteiger partial charge on any atom is 0.323 e. The third-order valence-electron chi connectivity index (χ3n) is 4.93. The number of aliphatic imine (C=N–C) groups is 1. The van der Waals surface area contributed by atoms with Crippen molar-refractivity contribution in [1.29, 1.82) is 0 Å². The third-order valence-corrected chi connectivity index (χ3v) is 5.17. The van der Waals surface area contributed by atoms with Crippen LogP contribution in [0.2, 0.25) is 5.02 Å². The van der Waals surface area contributed by atoms with Crippen molar-refractivity contribution in [3.8, 4) is 0 Å². The van der Waals surface area contributed by atoms with Crippen molar-refractivity contribution in [3.63, 3.8) is 0 Å². The minimum Gasteiger partial charge on any atom is -0.480 e. The highest BCUT2D eigenvalue weighted by Crippen LogP contribution is 2.37. The Bertz CT molecular complexity index is 922. The number of carboxylic acids is 1. The van der Waals surface area contributed by atoms with E-state index in [9.17, 15) is 14.7 Å². The molecule has 1 saturated carbocycles. The molecule has 27 heavy (non-hydrogen) atoms. The first-order valence-corrected chi connectivity index (χ1v) is 9.37. The highest BCUT2D eigenvalue weighted by Gasteiger charge is 2.36. The molecule has 2 aliphatic rings. The van der Waals surface area contributed by atoms with E-state index < -0.39 is 18.6 Å². The lowest BCUT2D eigenvalue weighted by Crippen LogP contribution is -2.41. The number of anilines is 1. The number of benzene rings is 2. The summed E-state index contributed by atoms with van der Waals surface area (Å²) in [5.41, 5.74) is 2.78. The number of carboxylic acid groups (broad SMARTS) is 1. The molecule has 0 unspecified atom stereocenters. The molecule has 0 aromatic heterocycles. The van der Waals surface area contributed by atoms with Crippen LogP contribution in [0.1, 0.15) is 30.4 Å². The number of aliphatic carboxylic acids is 1. The zero-order valence-corrected chi connectivity index (χ0v) is 15.4. The van der Waals surface area contributed by atoms with Gasteiger partial charge in [-0.3, -0.25) is 19.5 Å². The summed E-state index contributed by atoms with van der Waals surface area (Å²) in [6.07, 6.45) is 2.84. The van der Waals surface area contributed by atoms with Crippen LogP contribution >= 0.6 is 11.6 Å². The first kappa shape index (κ1) is 17.7. The number of hydrogen-bond acceptors (Lipinski definition) is 3. The van der Waals surface area contributed by atoms with Crippen LogP contribution < -0.4 is 4.90 Å². The number of halogens is 1. The Morgan fingerprint density at radius 2 is 1.93 bits per heavy atom. The van der Waals surface area contributed by atoms with E-state index in [1.54, 1.807) is 18.2 Å². The number of hydrogen-bond donors (Lipinski definition) is 1. The lowest BCUT2D eigenvalue weighted by atomic mass is 10.00. The van der Waals surface area contributed by atoms with Gasteiger partial charge in [-0.1, -0.05) is 54.8 Å². The van der Waals surface area contributed by atoms with Gasteiger partial charge >= 0.3 is 5.97 Å². The number of rotatable bonds is 5. The summed E-state index contributed by atoms with van der Waals surface area (Å²) in [5.74, 6) is -0.840.